The summed E-state index contributed by atoms with van der Waals surface area (Å²) in [6.07, 6.45) is 12.1. The van der Waals surface area contributed by atoms with Crippen LogP contribution in [0.4, 0.5) is 19.0 Å². The summed E-state index contributed by atoms with van der Waals surface area (Å²) < 4.78 is 40.6. The molecule has 39 heavy (non-hydrogen) atoms. The number of aliphatic imine (C=N–C) groups is 2. The van der Waals surface area contributed by atoms with Crippen LogP contribution in [0, 0.1) is 0 Å². The number of hydrogen-bond donors (Lipinski definition) is 0. The molecule has 0 N–H and O–H groups in total. The lowest BCUT2D eigenvalue weighted by molar-refractivity contribution is 0.151. The van der Waals surface area contributed by atoms with E-state index in [1.807, 2.05) is 30.1 Å². The molecule has 2 saturated heterocycles. The van der Waals surface area contributed by atoms with Gasteiger partial charge in [0.2, 0.25) is 5.96 Å². The Morgan fingerprint density at radius 3 is 2.56 bits per heavy atom. The van der Waals surface area contributed by atoms with Gasteiger partial charge in [0.05, 0.1) is 17.6 Å². The number of hydrogen-bond acceptors (Lipinski definition) is 6. The van der Waals surface area contributed by atoms with Crippen LogP contribution in [0.3, 0.4) is 0 Å². The number of nitrogens with zero attached hydrogens (tertiary/aromatic N) is 6. The molecule has 4 rings (SSSR count). The first-order valence-corrected chi connectivity index (χ1v) is 13.9. The lowest BCUT2D eigenvalue weighted by Gasteiger charge is -2.31. The molecule has 0 saturated carbocycles. The quantitative estimate of drug-likeness (QED) is 0.372. The summed E-state index contributed by atoms with van der Waals surface area (Å²) in [7, 11) is 0. The average molecular weight is 541 g/mol. The molecule has 4 heterocycles. The molecule has 1 atom stereocenters. The number of alkyl halides is 2. The van der Waals surface area contributed by atoms with Crippen molar-refractivity contribution in [2.75, 3.05) is 37.6 Å². The van der Waals surface area contributed by atoms with E-state index < -0.39 is 6.43 Å². The van der Waals surface area contributed by atoms with E-state index in [2.05, 4.69) is 27.8 Å². The van der Waals surface area contributed by atoms with Gasteiger partial charge in [-0.15, -0.1) is 0 Å². The lowest BCUT2D eigenvalue weighted by atomic mass is 10.0. The molecule has 0 bridgehead atoms. The van der Waals surface area contributed by atoms with Gasteiger partial charge in [0.15, 0.2) is 0 Å². The van der Waals surface area contributed by atoms with Crippen LogP contribution in [0.5, 0.6) is 0 Å². The molecule has 0 spiro atoms. The van der Waals surface area contributed by atoms with Crippen molar-refractivity contribution >= 4 is 17.5 Å². The van der Waals surface area contributed by atoms with Gasteiger partial charge in [-0.3, -0.25) is 0 Å². The second kappa shape index (κ2) is 13.6. The Balaban J connectivity index is 1.65. The molecule has 3 aliphatic rings. The fourth-order valence-corrected chi connectivity index (χ4v) is 5.27. The summed E-state index contributed by atoms with van der Waals surface area (Å²) in [5.41, 5.74) is 2.19. The Labute approximate surface area is 230 Å². The number of rotatable bonds is 6. The van der Waals surface area contributed by atoms with Crippen molar-refractivity contribution in [1.29, 1.82) is 0 Å². The zero-order chi connectivity index (χ0) is 27.8. The largest absolute Gasteiger partial charge is 0.354 e. The Hall–Kier alpha value is -3.36. The number of guanidine groups is 1. The van der Waals surface area contributed by atoms with Gasteiger partial charge in [0.25, 0.3) is 6.43 Å². The number of likely N-dealkylation sites (tertiary alicyclic amines) is 1. The van der Waals surface area contributed by atoms with E-state index in [0.717, 1.165) is 49.5 Å². The van der Waals surface area contributed by atoms with Gasteiger partial charge in [-0.25, -0.2) is 23.1 Å². The van der Waals surface area contributed by atoms with Crippen molar-refractivity contribution in [3.8, 4) is 0 Å². The highest BCUT2D eigenvalue weighted by Crippen LogP contribution is 2.30. The fraction of sp³-hybridized carbons (Fsp3) is 0.500. The lowest BCUT2D eigenvalue weighted by Crippen LogP contribution is -2.37. The Bertz CT molecular complexity index is 1180. The maximum Gasteiger partial charge on any atom is 0.267 e. The zero-order valence-corrected chi connectivity index (χ0v) is 23.2. The van der Waals surface area contributed by atoms with Crippen LogP contribution in [0.15, 0.2) is 75.9 Å². The summed E-state index contributed by atoms with van der Waals surface area (Å²) in [6, 6.07) is 3.16. The van der Waals surface area contributed by atoms with Crippen molar-refractivity contribution in [2.45, 2.75) is 65.3 Å². The van der Waals surface area contributed by atoms with E-state index in [-0.39, 0.29) is 11.6 Å². The van der Waals surface area contributed by atoms with Crippen molar-refractivity contribution in [3.63, 3.8) is 0 Å². The van der Waals surface area contributed by atoms with Gasteiger partial charge in [0.1, 0.15) is 11.6 Å². The van der Waals surface area contributed by atoms with Gasteiger partial charge in [0, 0.05) is 51.4 Å². The first-order valence-electron chi connectivity index (χ1n) is 13.9. The van der Waals surface area contributed by atoms with Crippen LogP contribution in [0.25, 0.3) is 0 Å². The topological polar surface area (TPSA) is 47.3 Å². The first kappa shape index (κ1) is 28.6. The summed E-state index contributed by atoms with van der Waals surface area (Å²) in [4.78, 5) is 20.9. The van der Waals surface area contributed by atoms with Gasteiger partial charge in [-0.2, -0.15) is 4.99 Å². The molecule has 0 amide bonds. The number of aromatic nitrogens is 1. The maximum absolute atomic E-state index is 13.7. The minimum absolute atomic E-state index is 0.0309. The van der Waals surface area contributed by atoms with Crippen LogP contribution in [0.1, 0.15) is 64.9 Å². The van der Waals surface area contributed by atoms with Gasteiger partial charge in [-0.05, 0) is 81.9 Å². The molecular formula is C30H39F3N6. The van der Waals surface area contributed by atoms with Crippen LogP contribution in [-0.4, -0.2) is 65.2 Å². The number of allylic oxidation sites excluding steroid dienone is 6. The molecule has 0 radical (unpaired) electrons. The highest BCUT2D eigenvalue weighted by Gasteiger charge is 2.28. The smallest absolute Gasteiger partial charge is 0.267 e. The van der Waals surface area contributed by atoms with E-state index in [1.165, 1.54) is 12.5 Å². The monoisotopic (exact) mass is 540 g/mol. The Morgan fingerprint density at radius 1 is 1.05 bits per heavy atom. The van der Waals surface area contributed by atoms with E-state index in [9.17, 15) is 13.2 Å². The van der Waals surface area contributed by atoms with Gasteiger partial charge >= 0.3 is 0 Å². The fourth-order valence-electron chi connectivity index (χ4n) is 5.27. The predicted molar refractivity (Wildman–Crippen MR) is 153 cm³/mol. The Kier molecular flexibility index (Phi) is 10.0. The number of pyridine rings is 1. The molecule has 0 aliphatic carbocycles. The highest BCUT2D eigenvalue weighted by atomic mass is 19.3. The zero-order valence-electron chi connectivity index (χ0n) is 23.2. The molecule has 3 aliphatic heterocycles. The third-order valence-electron chi connectivity index (χ3n) is 7.41. The van der Waals surface area contributed by atoms with Gasteiger partial charge < -0.3 is 14.7 Å². The number of anilines is 1. The minimum atomic E-state index is -2.57. The van der Waals surface area contributed by atoms with Gasteiger partial charge in [-0.1, -0.05) is 12.2 Å². The molecule has 0 aromatic carbocycles. The molecule has 9 heteroatoms. The summed E-state index contributed by atoms with van der Waals surface area (Å²) in [5, 5.41) is 0. The van der Waals surface area contributed by atoms with E-state index in [4.69, 9.17) is 9.98 Å². The van der Waals surface area contributed by atoms with E-state index in [0.29, 0.717) is 49.7 Å². The third-order valence-corrected chi connectivity index (χ3v) is 7.41. The first-order chi connectivity index (χ1) is 18.9. The number of piperidine rings is 1. The molecular weight excluding hydrogens is 501 g/mol. The summed E-state index contributed by atoms with van der Waals surface area (Å²) >= 11 is 0. The van der Waals surface area contributed by atoms with Crippen LogP contribution in [0.2, 0.25) is 0 Å². The van der Waals surface area contributed by atoms with E-state index >= 15 is 0 Å². The second-order valence-electron chi connectivity index (χ2n) is 10.3. The SMILES string of the molecule is C\C=C/C(=C\C(C)=C\F)C1=NC(N2CCCCC2)=NC(N2CCN(c3ncccc3C(F)F)CCC2C)=CC1. The van der Waals surface area contributed by atoms with Crippen LogP contribution in [-0.2, 0) is 0 Å². The van der Waals surface area contributed by atoms with Crippen molar-refractivity contribution < 1.29 is 13.2 Å². The predicted octanol–water partition coefficient (Wildman–Crippen LogP) is 6.82. The average Bonchev–Trinajstić information content (AvgIpc) is 3.29. The van der Waals surface area contributed by atoms with Crippen molar-refractivity contribution in [3.05, 3.63) is 71.5 Å². The molecule has 1 aromatic rings. The second-order valence-corrected chi connectivity index (χ2v) is 10.3. The van der Waals surface area contributed by atoms with E-state index in [1.54, 1.807) is 19.2 Å². The normalized spacial score (nSPS) is 22.1. The molecule has 6 nitrogen and oxygen atoms in total. The third kappa shape index (κ3) is 7.19. The maximum atomic E-state index is 13.7. The van der Waals surface area contributed by atoms with Crippen molar-refractivity contribution in [2.24, 2.45) is 9.98 Å². The summed E-state index contributed by atoms with van der Waals surface area (Å²) in [6.45, 7) is 9.43. The molecule has 1 unspecified atom stereocenters. The standard InChI is InChI=1S/C30H39F3N6/c1-4-9-24(20-22(2)21-31)26-11-12-27(36-30(35-26)38-15-6-5-7-16-38)39-19-18-37(17-13-23(39)3)29-25(28(32)33)10-8-14-34-29/h4,8-10,12,14,20-21,23,28H,5-7,11,13,15-19H2,1-3H3/b9-4-,22-21+,24-20+. The molecule has 1 aromatic heterocycles. The number of halogens is 3. The highest BCUT2D eigenvalue weighted by molar-refractivity contribution is 6.10. The Morgan fingerprint density at radius 2 is 1.85 bits per heavy atom. The van der Waals surface area contributed by atoms with Crippen LogP contribution < -0.4 is 4.90 Å². The van der Waals surface area contributed by atoms with Crippen LogP contribution >= 0.6 is 0 Å². The van der Waals surface area contributed by atoms with Crippen molar-refractivity contribution in [1.82, 2.24) is 14.8 Å². The molecule has 2 fully saturated rings. The minimum Gasteiger partial charge on any atom is -0.354 e. The summed E-state index contributed by atoms with van der Waals surface area (Å²) in [5.74, 6) is 1.89. The molecule has 210 valence electrons.